The van der Waals surface area contributed by atoms with Crippen LogP contribution in [-0.4, -0.2) is 23.7 Å². The van der Waals surface area contributed by atoms with Gasteiger partial charge in [0.15, 0.2) is 0 Å². The van der Waals surface area contributed by atoms with Crippen molar-refractivity contribution < 1.29 is 14.6 Å². The smallest absolute Gasteiger partial charge is 0.304 e. The first kappa shape index (κ1) is 21.6. The minimum absolute atomic E-state index is 0.122. The minimum atomic E-state index is -0.779. The maximum Gasteiger partial charge on any atom is 0.304 e. The summed E-state index contributed by atoms with van der Waals surface area (Å²) in [6.07, 6.45) is 5.00. The fraction of sp³-hybridized carbons (Fsp3) is 0.560. The van der Waals surface area contributed by atoms with Gasteiger partial charge in [-0.05, 0) is 66.3 Å². The third kappa shape index (κ3) is 5.51. The van der Waals surface area contributed by atoms with Gasteiger partial charge in [0.05, 0.1) is 12.5 Å². The molecule has 0 aromatic heterocycles. The number of rotatable bonds is 7. The predicted molar refractivity (Wildman–Crippen MR) is 118 cm³/mol. The van der Waals surface area contributed by atoms with Gasteiger partial charge in [-0.25, -0.2) is 0 Å². The van der Waals surface area contributed by atoms with E-state index in [0.717, 1.165) is 30.1 Å². The van der Waals surface area contributed by atoms with Crippen molar-refractivity contribution in [2.75, 3.05) is 6.54 Å². The number of nitrogens with one attached hydrogen (secondary N) is 1. The lowest BCUT2D eigenvalue weighted by Gasteiger charge is -2.37. The molecule has 0 radical (unpaired) electrons. The van der Waals surface area contributed by atoms with Gasteiger partial charge >= 0.3 is 5.97 Å². The van der Waals surface area contributed by atoms with Crippen LogP contribution in [0.5, 0.6) is 5.75 Å². The quantitative estimate of drug-likeness (QED) is 0.589. The number of aryl methyl sites for hydroxylation is 1. The van der Waals surface area contributed by atoms with Crippen molar-refractivity contribution in [2.45, 2.75) is 72.4 Å². The largest absolute Gasteiger partial charge is 0.490 e. The summed E-state index contributed by atoms with van der Waals surface area (Å²) in [6.45, 7) is 10.2. The van der Waals surface area contributed by atoms with Crippen LogP contribution >= 0.6 is 0 Å². The van der Waals surface area contributed by atoms with Gasteiger partial charge in [0.2, 0.25) is 0 Å². The van der Waals surface area contributed by atoms with E-state index in [-0.39, 0.29) is 12.5 Å². The molecule has 2 aromatic carbocycles. The van der Waals surface area contributed by atoms with Crippen LogP contribution in [0.2, 0.25) is 0 Å². The van der Waals surface area contributed by atoms with Crippen molar-refractivity contribution in [3.63, 3.8) is 0 Å². The highest BCUT2D eigenvalue weighted by molar-refractivity contribution is 5.90. The van der Waals surface area contributed by atoms with Crippen molar-refractivity contribution in [1.82, 2.24) is 5.32 Å². The molecule has 0 aliphatic heterocycles. The normalized spacial score (nSPS) is 20.0. The summed E-state index contributed by atoms with van der Waals surface area (Å²) in [5.74, 6) is 0.930. The van der Waals surface area contributed by atoms with Gasteiger partial charge in [-0.15, -0.1) is 0 Å². The van der Waals surface area contributed by atoms with E-state index in [1.54, 1.807) is 0 Å². The van der Waals surface area contributed by atoms with E-state index in [2.05, 4.69) is 63.3 Å². The van der Waals surface area contributed by atoms with E-state index < -0.39 is 5.97 Å². The Morgan fingerprint density at radius 2 is 1.79 bits per heavy atom. The fourth-order valence-electron chi connectivity index (χ4n) is 4.51. The molecule has 1 aliphatic carbocycles. The van der Waals surface area contributed by atoms with Crippen LogP contribution in [0.15, 0.2) is 30.3 Å². The Labute approximate surface area is 174 Å². The Hall–Kier alpha value is -2.07. The molecule has 1 aliphatic rings. The monoisotopic (exact) mass is 397 g/mol. The molecule has 158 valence electrons. The third-order valence-corrected chi connectivity index (χ3v) is 6.33. The predicted octanol–water partition coefficient (Wildman–Crippen LogP) is 5.70. The van der Waals surface area contributed by atoms with Crippen LogP contribution in [0.4, 0.5) is 0 Å². The second-order valence-electron chi connectivity index (χ2n) is 9.49. The van der Waals surface area contributed by atoms with Gasteiger partial charge in [0.1, 0.15) is 5.75 Å². The minimum Gasteiger partial charge on any atom is -0.490 e. The van der Waals surface area contributed by atoms with Gasteiger partial charge in [0.25, 0.3) is 0 Å². The van der Waals surface area contributed by atoms with Crippen molar-refractivity contribution >= 4 is 16.7 Å². The molecule has 3 rings (SSSR count). The van der Waals surface area contributed by atoms with Gasteiger partial charge in [-0.3, -0.25) is 4.79 Å². The molecule has 0 heterocycles. The lowest BCUT2D eigenvalue weighted by Crippen LogP contribution is -2.30. The van der Waals surface area contributed by atoms with Crippen molar-refractivity contribution in [2.24, 2.45) is 11.3 Å². The molecule has 0 spiro atoms. The summed E-state index contributed by atoms with van der Waals surface area (Å²) in [4.78, 5) is 10.8. The summed E-state index contributed by atoms with van der Waals surface area (Å²) in [7, 11) is 0. The number of aliphatic carboxylic acids is 1. The SMILES string of the molecule is Cc1cc(O[C@H]2CC[C@H](C(C)(C)C)CC2)c(CNCCC(=O)O)c2ccccc12. The standard InChI is InChI=1S/C25H35NO3/c1-17-15-23(29-19-11-9-18(10-12-19)25(2,3)4)22(16-26-14-13-24(27)28)21-8-6-5-7-20(17)21/h5-8,15,18-19,26H,9-14,16H2,1-4H3,(H,27,28)/t18-,19-. The average Bonchev–Trinajstić information content (AvgIpc) is 2.67. The summed E-state index contributed by atoms with van der Waals surface area (Å²) in [5.41, 5.74) is 2.71. The topological polar surface area (TPSA) is 58.6 Å². The molecule has 0 amide bonds. The third-order valence-electron chi connectivity index (χ3n) is 6.33. The van der Waals surface area contributed by atoms with Crippen LogP contribution in [0.1, 0.15) is 64.0 Å². The molecular formula is C25H35NO3. The van der Waals surface area contributed by atoms with E-state index in [1.165, 1.54) is 29.2 Å². The second-order valence-corrected chi connectivity index (χ2v) is 9.49. The number of benzene rings is 2. The van der Waals surface area contributed by atoms with E-state index in [1.807, 2.05) is 0 Å². The fourth-order valence-corrected chi connectivity index (χ4v) is 4.51. The first-order valence-corrected chi connectivity index (χ1v) is 10.9. The molecule has 0 atom stereocenters. The highest BCUT2D eigenvalue weighted by Crippen LogP contribution is 2.40. The molecule has 4 nitrogen and oxygen atoms in total. The molecule has 2 N–H and O–H groups in total. The Bertz CT molecular complexity index is 845. The maximum atomic E-state index is 10.8. The average molecular weight is 398 g/mol. The van der Waals surface area contributed by atoms with Crippen molar-refractivity contribution in [1.29, 1.82) is 0 Å². The zero-order valence-corrected chi connectivity index (χ0v) is 18.3. The Morgan fingerprint density at radius 1 is 1.14 bits per heavy atom. The highest BCUT2D eigenvalue weighted by atomic mass is 16.5. The zero-order valence-electron chi connectivity index (χ0n) is 18.3. The number of carboxylic acid groups (broad SMARTS) is 1. The van der Waals surface area contributed by atoms with Gasteiger partial charge in [-0.1, -0.05) is 45.0 Å². The molecule has 0 unspecified atom stereocenters. The first-order valence-electron chi connectivity index (χ1n) is 10.9. The molecule has 2 aromatic rings. The lowest BCUT2D eigenvalue weighted by molar-refractivity contribution is -0.136. The van der Waals surface area contributed by atoms with E-state index >= 15 is 0 Å². The molecule has 0 bridgehead atoms. The summed E-state index contributed by atoms with van der Waals surface area (Å²) < 4.78 is 6.56. The van der Waals surface area contributed by atoms with E-state index in [4.69, 9.17) is 9.84 Å². The summed E-state index contributed by atoms with van der Waals surface area (Å²) >= 11 is 0. The number of carboxylic acids is 1. The van der Waals surface area contributed by atoms with Gasteiger partial charge in [0, 0.05) is 18.7 Å². The maximum absolute atomic E-state index is 10.8. The van der Waals surface area contributed by atoms with Crippen molar-refractivity contribution in [3.8, 4) is 5.75 Å². The Morgan fingerprint density at radius 3 is 2.41 bits per heavy atom. The Balaban J connectivity index is 1.79. The van der Waals surface area contributed by atoms with E-state index in [0.29, 0.717) is 18.5 Å². The van der Waals surface area contributed by atoms with Crippen LogP contribution in [0.3, 0.4) is 0 Å². The molecule has 4 heteroatoms. The lowest BCUT2D eigenvalue weighted by atomic mass is 9.72. The Kier molecular flexibility index (Phi) is 6.84. The molecule has 29 heavy (non-hydrogen) atoms. The van der Waals surface area contributed by atoms with Crippen molar-refractivity contribution in [3.05, 3.63) is 41.5 Å². The van der Waals surface area contributed by atoms with Gasteiger partial charge < -0.3 is 15.2 Å². The summed E-state index contributed by atoms with van der Waals surface area (Å²) in [5, 5.41) is 14.6. The molecule has 0 saturated heterocycles. The zero-order chi connectivity index (χ0) is 21.0. The second kappa shape index (κ2) is 9.17. The number of carbonyl (C=O) groups is 1. The van der Waals surface area contributed by atoms with E-state index in [9.17, 15) is 4.79 Å². The number of hydrogen-bond donors (Lipinski definition) is 2. The highest BCUT2D eigenvalue weighted by Gasteiger charge is 2.30. The first-order chi connectivity index (χ1) is 13.8. The number of hydrogen-bond acceptors (Lipinski definition) is 3. The molecule has 1 fully saturated rings. The van der Waals surface area contributed by atoms with Crippen LogP contribution in [0.25, 0.3) is 10.8 Å². The van der Waals surface area contributed by atoms with Crippen LogP contribution < -0.4 is 10.1 Å². The molecule has 1 saturated carbocycles. The van der Waals surface area contributed by atoms with Crippen LogP contribution in [0, 0.1) is 18.3 Å². The number of ether oxygens (including phenoxy) is 1. The van der Waals surface area contributed by atoms with Crippen LogP contribution in [-0.2, 0) is 11.3 Å². The number of fused-ring (bicyclic) bond motifs is 1. The molecular weight excluding hydrogens is 362 g/mol. The van der Waals surface area contributed by atoms with Gasteiger partial charge in [-0.2, -0.15) is 0 Å². The summed E-state index contributed by atoms with van der Waals surface area (Å²) in [6, 6.07) is 10.6.